The van der Waals surface area contributed by atoms with Crippen molar-refractivity contribution in [3.8, 4) is 0 Å². The molecular weight excluding hydrogens is 204 g/mol. The summed E-state index contributed by atoms with van der Waals surface area (Å²) in [5.41, 5.74) is -2.34. The maximum absolute atomic E-state index is 11.2. The zero-order valence-electron chi connectivity index (χ0n) is 8.45. The molecule has 1 aliphatic heterocycles. The molecule has 1 aliphatic rings. The van der Waals surface area contributed by atoms with Crippen molar-refractivity contribution in [1.29, 1.82) is 0 Å². The van der Waals surface area contributed by atoms with Crippen LogP contribution >= 0.6 is 11.8 Å². The van der Waals surface area contributed by atoms with Crippen LogP contribution in [0.5, 0.6) is 0 Å². The van der Waals surface area contributed by atoms with Crippen molar-refractivity contribution in [1.82, 2.24) is 0 Å². The van der Waals surface area contributed by atoms with E-state index < -0.39 is 17.0 Å². The molecule has 14 heavy (non-hydrogen) atoms. The number of hydrogen-bond acceptors (Lipinski definition) is 4. The Kier molecular flexibility index (Phi) is 3.44. The molecule has 0 amide bonds. The molecule has 2 unspecified atom stereocenters. The van der Waals surface area contributed by atoms with Gasteiger partial charge in [-0.25, -0.2) is 0 Å². The molecule has 4 nitrogen and oxygen atoms in total. The average molecular weight is 220 g/mol. The molecule has 2 N–H and O–H groups in total. The molecule has 5 heteroatoms. The van der Waals surface area contributed by atoms with Crippen LogP contribution in [0.1, 0.15) is 13.3 Å². The summed E-state index contributed by atoms with van der Waals surface area (Å²) in [6, 6.07) is 0. The normalized spacial score (nSPS) is 31.4. The molecule has 1 rings (SSSR count). The highest BCUT2D eigenvalue weighted by atomic mass is 32.2. The smallest absolute Gasteiger partial charge is 0.314 e. The number of methoxy groups -OCH3 is 1. The van der Waals surface area contributed by atoms with E-state index in [4.69, 9.17) is 9.84 Å². The lowest BCUT2D eigenvalue weighted by molar-refractivity contribution is -0.170. The van der Waals surface area contributed by atoms with Crippen LogP contribution in [0.25, 0.3) is 0 Å². The number of hydrogen-bond donors (Lipinski definition) is 2. The fourth-order valence-corrected chi connectivity index (χ4v) is 3.10. The third-order valence-electron chi connectivity index (χ3n) is 2.93. The van der Waals surface area contributed by atoms with E-state index >= 15 is 0 Å². The topological polar surface area (TPSA) is 66.8 Å². The molecule has 2 atom stereocenters. The number of aliphatic carboxylic acids is 1. The van der Waals surface area contributed by atoms with Crippen molar-refractivity contribution in [2.45, 2.75) is 18.9 Å². The zero-order chi connectivity index (χ0) is 10.8. The van der Waals surface area contributed by atoms with E-state index in [0.29, 0.717) is 12.2 Å². The maximum Gasteiger partial charge on any atom is 0.314 e. The van der Waals surface area contributed by atoms with Crippen LogP contribution in [-0.2, 0) is 9.53 Å². The van der Waals surface area contributed by atoms with Gasteiger partial charge in [-0.3, -0.25) is 4.79 Å². The van der Waals surface area contributed by atoms with E-state index in [2.05, 4.69) is 0 Å². The predicted octanol–water partition coefficient (Wildman–Crippen LogP) is 0.592. The van der Waals surface area contributed by atoms with Crippen molar-refractivity contribution in [3.05, 3.63) is 0 Å². The predicted molar refractivity (Wildman–Crippen MR) is 54.5 cm³/mol. The quantitative estimate of drug-likeness (QED) is 0.726. The van der Waals surface area contributed by atoms with Crippen molar-refractivity contribution >= 4 is 17.7 Å². The van der Waals surface area contributed by atoms with Gasteiger partial charge in [-0.1, -0.05) is 0 Å². The first-order chi connectivity index (χ1) is 6.46. The highest BCUT2D eigenvalue weighted by molar-refractivity contribution is 7.99. The molecule has 0 radical (unpaired) electrons. The number of rotatable bonds is 4. The summed E-state index contributed by atoms with van der Waals surface area (Å²) in [6.07, 6.45) is 0.518. The first kappa shape index (κ1) is 11.8. The molecule has 1 saturated heterocycles. The number of ether oxygens (including phenoxy) is 1. The van der Waals surface area contributed by atoms with Crippen LogP contribution < -0.4 is 0 Å². The van der Waals surface area contributed by atoms with Crippen LogP contribution in [-0.4, -0.2) is 47.0 Å². The van der Waals surface area contributed by atoms with E-state index in [1.807, 2.05) is 0 Å². The van der Waals surface area contributed by atoms with Gasteiger partial charge in [-0.15, -0.1) is 0 Å². The molecule has 0 aliphatic carbocycles. The van der Waals surface area contributed by atoms with Crippen molar-refractivity contribution in [2.24, 2.45) is 5.41 Å². The summed E-state index contributed by atoms with van der Waals surface area (Å²) in [5.74, 6) is 0.284. The second-order valence-electron chi connectivity index (χ2n) is 3.90. The van der Waals surface area contributed by atoms with Gasteiger partial charge in [0.15, 0.2) is 0 Å². The van der Waals surface area contributed by atoms with Gasteiger partial charge in [0.05, 0.1) is 12.2 Å². The minimum Gasteiger partial charge on any atom is -0.481 e. The van der Waals surface area contributed by atoms with E-state index in [-0.39, 0.29) is 6.61 Å². The summed E-state index contributed by atoms with van der Waals surface area (Å²) >= 11 is 1.58. The number of thioether (sulfide) groups is 1. The number of aliphatic hydroxyl groups is 1. The molecular formula is C9H16O4S. The Morgan fingerprint density at radius 1 is 1.71 bits per heavy atom. The lowest BCUT2D eigenvalue weighted by atomic mass is 9.73. The Morgan fingerprint density at radius 3 is 2.71 bits per heavy atom. The molecule has 0 spiro atoms. The monoisotopic (exact) mass is 220 g/mol. The lowest BCUT2D eigenvalue weighted by Gasteiger charge is -2.38. The highest BCUT2D eigenvalue weighted by Crippen LogP contribution is 2.42. The number of carboxylic acid groups (broad SMARTS) is 1. The molecule has 0 bridgehead atoms. The summed E-state index contributed by atoms with van der Waals surface area (Å²) in [5, 5.41) is 19.4. The van der Waals surface area contributed by atoms with Crippen LogP contribution in [0.4, 0.5) is 0 Å². The number of carbonyl (C=O) groups is 1. The van der Waals surface area contributed by atoms with Crippen LogP contribution in [0, 0.1) is 5.41 Å². The second-order valence-corrected chi connectivity index (χ2v) is 5.01. The van der Waals surface area contributed by atoms with Gasteiger partial charge in [-0.2, -0.15) is 11.8 Å². The van der Waals surface area contributed by atoms with E-state index in [0.717, 1.165) is 5.75 Å². The van der Waals surface area contributed by atoms with Gasteiger partial charge in [0, 0.05) is 12.9 Å². The van der Waals surface area contributed by atoms with E-state index in [9.17, 15) is 9.90 Å². The Balaban J connectivity index is 2.91. The SMILES string of the molecule is COCC(C)(C(=O)O)C1(O)CCSC1. The first-order valence-corrected chi connectivity index (χ1v) is 5.64. The van der Waals surface area contributed by atoms with Crippen molar-refractivity contribution in [2.75, 3.05) is 25.2 Å². The van der Waals surface area contributed by atoms with Crippen molar-refractivity contribution in [3.63, 3.8) is 0 Å². The summed E-state index contributed by atoms with van der Waals surface area (Å²) in [7, 11) is 1.45. The van der Waals surface area contributed by atoms with Crippen LogP contribution in [0.3, 0.4) is 0 Å². The first-order valence-electron chi connectivity index (χ1n) is 4.49. The van der Waals surface area contributed by atoms with Gasteiger partial charge >= 0.3 is 5.97 Å². The lowest BCUT2D eigenvalue weighted by Crippen LogP contribution is -2.54. The molecule has 82 valence electrons. The van der Waals surface area contributed by atoms with Gasteiger partial charge in [-0.05, 0) is 19.1 Å². The summed E-state index contributed by atoms with van der Waals surface area (Å²) < 4.78 is 4.90. The average Bonchev–Trinajstić information content (AvgIpc) is 2.53. The van der Waals surface area contributed by atoms with Gasteiger partial charge < -0.3 is 14.9 Å². The third-order valence-corrected chi connectivity index (χ3v) is 4.11. The van der Waals surface area contributed by atoms with E-state index in [1.54, 1.807) is 18.7 Å². The molecule has 0 saturated carbocycles. The standard InChI is InChI=1S/C9H16O4S/c1-8(5-13-2,7(10)11)9(12)3-4-14-6-9/h12H,3-6H2,1-2H3,(H,10,11). The molecule has 1 heterocycles. The summed E-state index contributed by atoms with van der Waals surface area (Å²) in [4.78, 5) is 11.2. The fraction of sp³-hybridized carbons (Fsp3) is 0.889. The highest BCUT2D eigenvalue weighted by Gasteiger charge is 2.54. The van der Waals surface area contributed by atoms with Crippen molar-refractivity contribution < 1.29 is 19.7 Å². The van der Waals surface area contributed by atoms with Crippen LogP contribution in [0.15, 0.2) is 0 Å². The van der Waals surface area contributed by atoms with Gasteiger partial charge in [0.1, 0.15) is 5.41 Å². The van der Waals surface area contributed by atoms with Gasteiger partial charge in [0.2, 0.25) is 0 Å². The zero-order valence-corrected chi connectivity index (χ0v) is 9.26. The largest absolute Gasteiger partial charge is 0.481 e. The molecule has 0 aromatic carbocycles. The second kappa shape index (κ2) is 4.08. The minimum atomic E-state index is -1.20. The Morgan fingerprint density at radius 2 is 2.36 bits per heavy atom. The fourth-order valence-electron chi connectivity index (χ4n) is 1.67. The summed E-state index contributed by atoms with van der Waals surface area (Å²) in [6.45, 7) is 1.59. The van der Waals surface area contributed by atoms with Gasteiger partial charge in [0.25, 0.3) is 0 Å². The molecule has 1 fully saturated rings. The minimum absolute atomic E-state index is 0.0411. The number of carboxylic acids is 1. The Hall–Kier alpha value is -0.260. The van der Waals surface area contributed by atoms with Crippen LogP contribution in [0.2, 0.25) is 0 Å². The third kappa shape index (κ3) is 1.76. The molecule has 0 aromatic rings. The Labute approximate surface area is 87.6 Å². The maximum atomic E-state index is 11.2. The van der Waals surface area contributed by atoms with E-state index in [1.165, 1.54) is 7.11 Å². The molecule has 0 aromatic heterocycles. The Bertz CT molecular complexity index is 225.